The number of carboxylic acid groups (broad SMARTS) is 1. The van der Waals surface area contributed by atoms with E-state index < -0.39 is 11.4 Å². The van der Waals surface area contributed by atoms with Crippen LogP contribution in [0.15, 0.2) is 30.5 Å². The van der Waals surface area contributed by atoms with Crippen molar-refractivity contribution < 1.29 is 9.90 Å². The Balaban J connectivity index is 1.92. The minimum Gasteiger partial charge on any atom is -0.481 e. The molecule has 0 aliphatic carbocycles. The van der Waals surface area contributed by atoms with E-state index in [4.69, 9.17) is 0 Å². The minimum atomic E-state index is -0.747. The average Bonchev–Trinajstić information content (AvgIpc) is 2.82. The zero-order chi connectivity index (χ0) is 13.5. The largest absolute Gasteiger partial charge is 0.481 e. The van der Waals surface area contributed by atoms with Gasteiger partial charge in [0.05, 0.1) is 22.6 Å². The lowest BCUT2D eigenvalue weighted by atomic mass is 9.90. The molecule has 1 N–H and O–H groups in total. The van der Waals surface area contributed by atoms with Gasteiger partial charge in [0, 0.05) is 13.1 Å². The van der Waals surface area contributed by atoms with Crippen LogP contribution in [0.2, 0.25) is 0 Å². The van der Waals surface area contributed by atoms with E-state index in [1.165, 1.54) is 0 Å². The first kappa shape index (κ1) is 11.9. The van der Waals surface area contributed by atoms with Crippen LogP contribution in [-0.2, 0) is 4.79 Å². The van der Waals surface area contributed by atoms with Gasteiger partial charge in [0.2, 0.25) is 0 Å². The zero-order valence-electron chi connectivity index (χ0n) is 10.7. The topological polar surface area (TPSA) is 66.3 Å². The van der Waals surface area contributed by atoms with Gasteiger partial charge >= 0.3 is 5.97 Å². The van der Waals surface area contributed by atoms with Crippen LogP contribution in [0, 0.1) is 5.41 Å². The van der Waals surface area contributed by atoms with Gasteiger partial charge in [-0.05, 0) is 25.5 Å². The number of nitrogens with zero attached hydrogens (tertiary/aromatic N) is 3. The van der Waals surface area contributed by atoms with Gasteiger partial charge < -0.3 is 10.0 Å². The maximum atomic E-state index is 11.2. The van der Waals surface area contributed by atoms with E-state index in [1.807, 2.05) is 29.2 Å². The lowest BCUT2D eigenvalue weighted by Gasteiger charge is -2.20. The van der Waals surface area contributed by atoms with Gasteiger partial charge in [-0.3, -0.25) is 9.78 Å². The Bertz CT molecular complexity index is 643. The molecule has 1 unspecified atom stereocenters. The van der Waals surface area contributed by atoms with Crippen LogP contribution in [0.4, 0.5) is 5.82 Å². The van der Waals surface area contributed by atoms with E-state index in [-0.39, 0.29) is 0 Å². The summed E-state index contributed by atoms with van der Waals surface area (Å²) in [5.41, 5.74) is 1.00. The van der Waals surface area contributed by atoms with Gasteiger partial charge in [0.15, 0.2) is 0 Å². The van der Waals surface area contributed by atoms with Gasteiger partial charge in [0.1, 0.15) is 5.82 Å². The second-order valence-electron chi connectivity index (χ2n) is 5.25. The molecule has 1 atom stereocenters. The van der Waals surface area contributed by atoms with Crippen LogP contribution in [0.25, 0.3) is 11.0 Å². The lowest BCUT2D eigenvalue weighted by Crippen LogP contribution is -2.32. The molecule has 0 saturated carbocycles. The Hall–Kier alpha value is -2.17. The summed E-state index contributed by atoms with van der Waals surface area (Å²) < 4.78 is 0. The second-order valence-corrected chi connectivity index (χ2v) is 5.25. The number of anilines is 1. The summed E-state index contributed by atoms with van der Waals surface area (Å²) in [7, 11) is 0. The number of carboxylic acids is 1. The monoisotopic (exact) mass is 257 g/mol. The maximum absolute atomic E-state index is 11.2. The quantitative estimate of drug-likeness (QED) is 0.890. The maximum Gasteiger partial charge on any atom is 0.311 e. The van der Waals surface area contributed by atoms with Gasteiger partial charge in [-0.2, -0.15) is 0 Å². The fourth-order valence-corrected chi connectivity index (χ4v) is 2.43. The third-order valence-electron chi connectivity index (χ3n) is 3.75. The summed E-state index contributed by atoms with van der Waals surface area (Å²) >= 11 is 0. The summed E-state index contributed by atoms with van der Waals surface area (Å²) in [6.45, 7) is 2.97. The molecule has 2 aromatic rings. The molecular formula is C14H15N3O2. The van der Waals surface area contributed by atoms with E-state index in [2.05, 4.69) is 9.97 Å². The summed E-state index contributed by atoms with van der Waals surface area (Å²) in [6, 6.07) is 7.68. The lowest BCUT2D eigenvalue weighted by molar-refractivity contribution is -0.146. The van der Waals surface area contributed by atoms with Crippen LogP contribution in [-0.4, -0.2) is 34.1 Å². The van der Waals surface area contributed by atoms with Gasteiger partial charge in [-0.15, -0.1) is 0 Å². The van der Waals surface area contributed by atoms with E-state index >= 15 is 0 Å². The van der Waals surface area contributed by atoms with Crippen molar-refractivity contribution in [3.63, 3.8) is 0 Å². The normalized spacial score (nSPS) is 22.9. The van der Waals surface area contributed by atoms with Crippen molar-refractivity contribution in [3.05, 3.63) is 30.5 Å². The van der Waals surface area contributed by atoms with Gasteiger partial charge in [-0.1, -0.05) is 12.1 Å². The van der Waals surface area contributed by atoms with Crippen LogP contribution in [0.1, 0.15) is 13.3 Å². The minimum absolute atomic E-state index is 0.482. The van der Waals surface area contributed by atoms with Crippen molar-refractivity contribution in [1.82, 2.24) is 9.97 Å². The Labute approximate surface area is 110 Å². The molecule has 1 saturated heterocycles. The van der Waals surface area contributed by atoms with E-state index in [9.17, 15) is 9.90 Å². The first-order valence-corrected chi connectivity index (χ1v) is 6.29. The molecule has 2 heterocycles. The predicted molar refractivity (Wildman–Crippen MR) is 72.1 cm³/mol. The number of aromatic nitrogens is 2. The summed E-state index contributed by atoms with van der Waals surface area (Å²) in [6.07, 6.45) is 2.35. The van der Waals surface area contributed by atoms with E-state index in [0.717, 1.165) is 16.9 Å². The fourth-order valence-electron chi connectivity index (χ4n) is 2.43. The fraction of sp³-hybridized carbons (Fsp3) is 0.357. The van der Waals surface area contributed by atoms with Crippen molar-refractivity contribution >= 4 is 22.8 Å². The third-order valence-corrected chi connectivity index (χ3v) is 3.75. The average molecular weight is 257 g/mol. The number of fused-ring (bicyclic) bond motifs is 1. The molecule has 0 amide bonds. The summed E-state index contributed by atoms with van der Waals surface area (Å²) in [5.74, 6) is 0.00687. The molecule has 1 aliphatic heterocycles. The Morgan fingerprint density at radius 2 is 2.11 bits per heavy atom. The highest BCUT2D eigenvalue weighted by Gasteiger charge is 2.40. The van der Waals surface area contributed by atoms with E-state index in [1.54, 1.807) is 13.1 Å². The second kappa shape index (κ2) is 4.19. The smallest absolute Gasteiger partial charge is 0.311 e. The van der Waals surface area contributed by atoms with Crippen molar-refractivity contribution in [2.24, 2.45) is 5.41 Å². The number of hydrogen-bond acceptors (Lipinski definition) is 4. The van der Waals surface area contributed by atoms with Crippen LogP contribution >= 0.6 is 0 Å². The molecule has 5 heteroatoms. The van der Waals surface area contributed by atoms with E-state index in [0.29, 0.717) is 19.5 Å². The van der Waals surface area contributed by atoms with Crippen molar-refractivity contribution in [2.75, 3.05) is 18.0 Å². The first-order valence-electron chi connectivity index (χ1n) is 6.29. The molecular weight excluding hydrogens is 242 g/mol. The van der Waals surface area contributed by atoms with Gasteiger partial charge in [-0.25, -0.2) is 4.98 Å². The van der Waals surface area contributed by atoms with Crippen molar-refractivity contribution in [2.45, 2.75) is 13.3 Å². The third kappa shape index (κ3) is 2.01. The zero-order valence-corrected chi connectivity index (χ0v) is 10.7. The molecule has 98 valence electrons. The molecule has 0 bridgehead atoms. The van der Waals surface area contributed by atoms with Crippen molar-refractivity contribution in [3.8, 4) is 0 Å². The molecule has 1 fully saturated rings. The Morgan fingerprint density at radius 1 is 1.37 bits per heavy atom. The van der Waals surface area contributed by atoms with Crippen molar-refractivity contribution in [1.29, 1.82) is 0 Å². The Kier molecular flexibility index (Phi) is 2.62. The molecule has 19 heavy (non-hydrogen) atoms. The Morgan fingerprint density at radius 3 is 2.79 bits per heavy atom. The van der Waals surface area contributed by atoms with Crippen LogP contribution in [0.5, 0.6) is 0 Å². The molecule has 0 radical (unpaired) electrons. The number of aliphatic carboxylic acids is 1. The molecule has 1 aliphatic rings. The standard InChI is InChI=1S/C14H15N3O2/c1-14(13(18)19)6-7-17(9-14)12-8-15-10-4-2-3-5-11(10)16-12/h2-5,8H,6-7,9H2,1H3,(H,18,19). The van der Waals surface area contributed by atoms with Crippen LogP contribution < -0.4 is 4.90 Å². The number of benzene rings is 1. The highest BCUT2D eigenvalue weighted by Crippen LogP contribution is 2.32. The number of para-hydroxylation sites is 2. The molecule has 5 nitrogen and oxygen atoms in total. The molecule has 1 aromatic heterocycles. The molecule has 0 spiro atoms. The molecule has 1 aromatic carbocycles. The SMILES string of the molecule is CC1(C(=O)O)CCN(c2cnc3ccccc3n2)C1. The summed E-state index contributed by atoms with van der Waals surface area (Å²) in [4.78, 5) is 22.2. The van der Waals surface area contributed by atoms with Gasteiger partial charge in [0.25, 0.3) is 0 Å². The number of rotatable bonds is 2. The highest BCUT2D eigenvalue weighted by atomic mass is 16.4. The molecule has 3 rings (SSSR count). The predicted octanol–water partition coefficient (Wildman–Crippen LogP) is 1.93. The number of hydrogen-bond donors (Lipinski definition) is 1. The number of carbonyl (C=O) groups is 1. The van der Waals surface area contributed by atoms with Crippen LogP contribution in [0.3, 0.4) is 0 Å². The highest BCUT2D eigenvalue weighted by molar-refractivity contribution is 5.77. The summed E-state index contributed by atoms with van der Waals surface area (Å²) in [5, 5.41) is 9.25. The first-order chi connectivity index (χ1) is 9.08.